The Morgan fingerprint density at radius 3 is 1.81 bits per heavy atom. The first kappa shape index (κ1) is 14.9. The van der Waals surface area contributed by atoms with E-state index in [4.69, 9.17) is 5.26 Å². The summed E-state index contributed by atoms with van der Waals surface area (Å²) in [6.45, 7) is 0. The van der Waals surface area contributed by atoms with Gasteiger partial charge in [-0.3, -0.25) is 0 Å². The summed E-state index contributed by atoms with van der Waals surface area (Å²) in [5.74, 6) is -12.1. The van der Waals surface area contributed by atoms with E-state index in [-0.39, 0.29) is 5.56 Å². The number of nitrogens with zero attached hydrogens (tertiary/aromatic N) is 1. The van der Waals surface area contributed by atoms with Crippen LogP contribution in [0, 0.1) is 46.2 Å². The molecule has 0 N–H and O–H groups in total. The number of hydrogen-bond donors (Lipinski definition) is 0. The van der Waals surface area contributed by atoms with Crippen LogP contribution in [0.4, 0.5) is 26.3 Å². The lowest BCUT2D eigenvalue weighted by atomic mass is 9.99. The predicted molar refractivity (Wildman–Crippen MR) is 60.9 cm³/mol. The lowest BCUT2D eigenvalue weighted by Gasteiger charge is -2.10. The third-order valence-electron chi connectivity index (χ3n) is 2.83. The molecule has 0 atom stereocenters. The SMILES string of the molecule is N#CCc1cccc(-c2c(F)c(F)c(F)c(F)c2F)c1F. The first-order chi connectivity index (χ1) is 9.90. The highest BCUT2D eigenvalue weighted by atomic mass is 19.2. The van der Waals surface area contributed by atoms with Gasteiger partial charge in [0.25, 0.3) is 0 Å². The normalized spacial score (nSPS) is 10.5. The molecule has 0 fully saturated rings. The van der Waals surface area contributed by atoms with Crippen molar-refractivity contribution < 1.29 is 26.3 Å². The molecule has 0 aliphatic heterocycles. The third kappa shape index (κ3) is 2.33. The zero-order chi connectivity index (χ0) is 15.7. The van der Waals surface area contributed by atoms with Gasteiger partial charge in [-0.05, 0) is 0 Å². The summed E-state index contributed by atoms with van der Waals surface area (Å²) >= 11 is 0. The summed E-state index contributed by atoms with van der Waals surface area (Å²) in [6.07, 6.45) is -0.408. The molecule has 0 aliphatic carbocycles. The molecule has 0 saturated heterocycles. The van der Waals surface area contributed by atoms with Gasteiger partial charge in [0.05, 0.1) is 18.1 Å². The molecule has 0 aliphatic rings. The summed E-state index contributed by atoms with van der Waals surface area (Å²) in [5.41, 5.74) is -2.36. The molecule has 0 bridgehead atoms. The van der Waals surface area contributed by atoms with E-state index in [0.717, 1.165) is 12.1 Å². The minimum Gasteiger partial charge on any atom is -0.206 e. The number of nitriles is 1. The van der Waals surface area contributed by atoms with E-state index in [0.29, 0.717) is 0 Å². The minimum absolute atomic E-state index is 0.209. The number of hydrogen-bond acceptors (Lipinski definition) is 1. The Balaban J connectivity index is 2.81. The number of halogens is 6. The van der Waals surface area contributed by atoms with Gasteiger partial charge < -0.3 is 0 Å². The Kier molecular flexibility index (Phi) is 3.89. The summed E-state index contributed by atoms with van der Waals surface area (Å²) in [4.78, 5) is 0. The molecule has 2 aromatic rings. The van der Waals surface area contributed by atoms with Gasteiger partial charge in [0, 0.05) is 11.1 Å². The predicted octanol–water partition coefficient (Wildman–Crippen LogP) is 4.25. The van der Waals surface area contributed by atoms with Crippen LogP contribution < -0.4 is 0 Å². The van der Waals surface area contributed by atoms with Crippen LogP contribution in [0.5, 0.6) is 0 Å². The second-order valence-electron chi connectivity index (χ2n) is 4.06. The van der Waals surface area contributed by atoms with Gasteiger partial charge in [0.15, 0.2) is 23.3 Å². The van der Waals surface area contributed by atoms with E-state index in [9.17, 15) is 26.3 Å². The highest BCUT2D eigenvalue weighted by Gasteiger charge is 2.28. The average molecular weight is 301 g/mol. The Morgan fingerprint density at radius 2 is 1.29 bits per heavy atom. The number of rotatable bonds is 2. The van der Waals surface area contributed by atoms with Crippen LogP contribution in [0.1, 0.15) is 5.56 Å². The van der Waals surface area contributed by atoms with Crippen LogP contribution in [0.15, 0.2) is 18.2 Å². The van der Waals surface area contributed by atoms with E-state index in [1.807, 2.05) is 0 Å². The molecule has 0 amide bonds. The van der Waals surface area contributed by atoms with Crippen molar-refractivity contribution in [3.63, 3.8) is 0 Å². The van der Waals surface area contributed by atoms with Crippen LogP contribution >= 0.6 is 0 Å². The highest BCUT2D eigenvalue weighted by molar-refractivity contribution is 5.67. The highest BCUT2D eigenvalue weighted by Crippen LogP contribution is 2.33. The molecule has 0 spiro atoms. The quantitative estimate of drug-likeness (QED) is 0.462. The first-order valence-electron chi connectivity index (χ1n) is 5.56. The largest absolute Gasteiger partial charge is 0.206 e. The maximum Gasteiger partial charge on any atom is 0.200 e. The molecular weight excluding hydrogens is 296 g/mol. The lowest BCUT2D eigenvalue weighted by molar-refractivity contribution is 0.381. The fourth-order valence-corrected chi connectivity index (χ4v) is 1.84. The monoisotopic (exact) mass is 301 g/mol. The second kappa shape index (κ2) is 5.48. The van der Waals surface area contributed by atoms with Crippen LogP contribution in [0.2, 0.25) is 0 Å². The molecule has 0 heterocycles. The Labute approximate surface area is 115 Å². The summed E-state index contributed by atoms with van der Waals surface area (Å²) in [5, 5.41) is 8.50. The van der Waals surface area contributed by atoms with Crippen molar-refractivity contribution >= 4 is 0 Å². The minimum atomic E-state index is -2.32. The molecule has 0 unspecified atom stereocenters. The van der Waals surface area contributed by atoms with Crippen molar-refractivity contribution in [3.05, 3.63) is 58.7 Å². The van der Waals surface area contributed by atoms with Gasteiger partial charge in [-0.15, -0.1) is 0 Å². The average Bonchev–Trinajstić information content (AvgIpc) is 2.47. The second-order valence-corrected chi connectivity index (χ2v) is 4.06. The fourth-order valence-electron chi connectivity index (χ4n) is 1.84. The smallest absolute Gasteiger partial charge is 0.200 e. The molecule has 2 aromatic carbocycles. The third-order valence-corrected chi connectivity index (χ3v) is 2.83. The van der Waals surface area contributed by atoms with Gasteiger partial charge in [0.2, 0.25) is 5.82 Å². The van der Waals surface area contributed by atoms with Gasteiger partial charge in [0.1, 0.15) is 5.82 Å². The van der Waals surface area contributed by atoms with Gasteiger partial charge >= 0.3 is 0 Å². The van der Waals surface area contributed by atoms with Crippen LogP contribution in [0.3, 0.4) is 0 Å². The van der Waals surface area contributed by atoms with Crippen molar-refractivity contribution in [1.29, 1.82) is 5.26 Å². The standard InChI is InChI=1S/C14H5F6N/c15-9-6(4-5-21)2-1-3-7(9)8-10(16)12(18)14(20)13(19)11(8)17/h1-3H,4H2. The molecule has 1 nitrogen and oxygen atoms in total. The van der Waals surface area contributed by atoms with Crippen molar-refractivity contribution in [2.75, 3.05) is 0 Å². The molecule has 108 valence electrons. The first-order valence-corrected chi connectivity index (χ1v) is 5.56. The van der Waals surface area contributed by atoms with E-state index in [1.165, 1.54) is 6.07 Å². The summed E-state index contributed by atoms with van der Waals surface area (Å²) in [7, 11) is 0. The molecule has 2 rings (SSSR count). The Bertz CT molecular complexity index is 734. The number of benzene rings is 2. The summed E-state index contributed by atoms with van der Waals surface area (Å²) < 4.78 is 80.5. The topological polar surface area (TPSA) is 23.8 Å². The Hall–Kier alpha value is -2.49. The maximum atomic E-state index is 14.0. The van der Waals surface area contributed by atoms with Crippen molar-refractivity contribution in [2.24, 2.45) is 0 Å². The maximum absolute atomic E-state index is 14.0. The lowest BCUT2D eigenvalue weighted by Crippen LogP contribution is -2.05. The molecule has 0 aromatic heterocycles. The van der Waals surface area contributed by atoms with Crippen LogP contribution in [-0.2, 0) is 6.42 Å². The van der Waals surface area contributed by atoms with Crippen molar-refractivity contribution in [2.45, 2.75) is 6.42 Å². The van der Waals surface area contributed by atoms with E-state index in [1.54, 1.807) is 6.07 Å². The van der Waals surface area contributed by atoms with E-state index < -0.39 is 52.5 Å². The van der Waals surface area contributed by atoms with E-state index >= 15 is 0 Å². The zero-order valence-corrected chi connectivity index (χ0v) is 10.2. The molecule has 0 saturated carbocycles. The summed E-state index contributed by atoms with van der Waals surface area (Å²) in [6, 6.07) is 4.83. The van der Waals surface area contributed by atoms with Gasteiger partial charge in [-0.25, -0.2) is 26.3 Å². The molecular formula is C14H5F6N. The van der Waals surface area contributed by atoms with Crippen LogP contribution in [-0.4, -0.2) is 0 Å². The van der Waals surface area contributed by atoms with Crippen molar-refractivity contribution in [1.82, 2.24) is 0 Å². The Morgan fingerprint density at radius 1 is 0.762 bits per heavy atom. The van der Waals surface area contributed by atoms with E-state index in [2.05, 4.69) is 0 Å². The molecule has 0 radical (unpaired) electrons. The molecule has 7 heteroatoms. The van der Waals surface area contributed by atoms with Crippen molar-refractivity contribution in [3.8, 4) is 17.2 Å². The molecule has 21 heavy (non-hydrogen) atoms. The van der Waals surface area contributed by atoms with Gasteiger partial charge in [-0.2, -0.15) is 5.26 Å². The van der Waals surface area contributed by atoms with Crippen LogP contribution in [0.25, 0.3) is 11.1 Å². The van der Waals surface area contributed by atoms with Gasteiger partial charge in [-0.1, -0.05) is 18.2 Å². The zero-order valence-electron chi connectivity index (χ0n) is 10.2. The fraction of sp³-hybridized carbons (Fsp3) is 0.0714.